The predicted octanol–water partition coefficient (Wildman–Crippen LogP) is 4.92. The van der Waals surface area contributed by atoms with Gasteiger partial charge >= 0.3 is 11.9 Å². The first-order valence-corrected chi connectivity index (χ1v) is 9.04. The first kappa shape index (κ1) is 21.2. The minimum atomic E-state index is -0.728. The normalized spacial score (nSPS) is 25.8. The number of aliphatic carboxylic acids is 1. The highest BCUT2D eigenvalue weighted by molar-refractivity contribution is 5.93. The van der Waals surface area contributed by atoms with Crippen molar-refractivity contribution >= 4 is 11.9 Å². The molecular weight excluding hydrogens is 316 g/mol. The molecule has 0 bridgehead atoms. The van der Waals surface area contributed by atoms with E-state index in [0.717, 1.165) is 37.7 Å². The maximum absolute atomic E-state index is 11.9. The number of carboxylic acid groups (broad SMARTS) is 1. The maximum atomic E-state index is 11.9. The zero-order valence-corrected chi connectivity index (χ0v) is 16.0. The Morgan fingerprint density at radius 2 is 2.16 bits per heavy atom. The molecule has 0 fully saturated rings. The van der Waals surface area contributed by atoms with Gasteiger partial charge in [0.25, 0.3) is 0 Å². The van der Waals surface area contributed by atoms with Gasteiger partial charge in [0.1, 0.15) is 0 Å². The van der Waals surface area contributed by atoms with Gasteiger partial charge in [0.2, 0.25) is 0 Å². The van der Waals surface area contributed by atoms with Crippen LogP contribution in [0.2, 0.25) is 0 Å². The summed E-state index contributed by atoms with van der Waals surface area (Å²) in [4.78, 5) is 22.8. The summed E-state index contributed by atoms with van der Waals surface area (Å²) in [5, 5.41) is 8.94. The lowest BCUT2D eigenvalue weighted by atomic mass is 9.68. The number of allylic oxidation sites excluding steroid dienone is 3. The van der Waals surface area contributed by atoms with Crippen LogP contribution in [0.5, 0.6) is 0 Å². The predicted molar refractivity (Wildman–Crippen MR) is 100 cm³/mol. The quantitative estimate of drug-likeness (QED) is 0.692. The average molecular weight is 348 g/mol. The third-order valence-corrected chi connectivity index (χ3v) is 5.57. The van der Waals surface area contributed by atoms with E-state index < -0.39 is 5.97 Å². The molecular formula is C21H32O4. The summed E-state index contributed by atoms with van der Waals surface area (Å²) in [6.45, 7) is 10.6. The Morgan fingerprint density at radius 1 is 1.48 bits per heavy atom. The molecule has 3 atom stereocenters. The molecule has 0 aromatic rings. The van der Waals surface area contributed by atoms with E-state index in [9.17, 15) is 9.59 Å². The number of hydrogen-bond donors (Lipinski definition) is 1. The van der Waals surface area contributed by atoms with E-state index >= 15 is 0 Å². The highest BCUT2D eigenvalue weighted by Crippen LogP contribution is 2.41. The lowest BCUT2D eigenvalue weighted by molar-refractivity contribution is -0.138. The molecule has 1 aliphatic rings. The molecule has 4 nitrogen and oxygen atoms in total. The highest BCUT2D eigenvalue weighted by Gasteiger charge is 2.31. The van der Waals surface area contributed by atoms with E-state index in [0.29, 0.717) is 11.5 Å². The van der Waals surface area contributed by atoms with Crippen molar-refractivity contribution in [2.45, 2.75) is 59.3 Å². The Bertz CT molecular complexity index is 558. The topological polar surface area (TPSA) is 63.6 Å². The molecule has 1 N–H and O–H groups in total. The van der Waals surface area contributed by atoms with E-state index in [1.165, 1.54) is 7.11 Å². The summed E-state index contributed by atoms with van der Waals surface area (Å²) in [6.07, 6.45) is 10.5. The molecule has 0 saturated carbocycles. The fraction of sp³-hybridized carbons (Fsp3) is 0.619. The summed E-state index contributed by atoms with van der Waals surface area (Å²) in [6, 6.07) is 0. The van der Waals surface area contributed by atoms with Crippen LogP contribution in [0.3, 0.4) is 0 Å². The monoisotopic (exact) mass is 348 g/mol. The summed E-state index contributed by atoms with van der Waals surface area (Å²) in [5.74, 6) is -0.439. The van der Waals surface area contributed by atoms with Crippen molar-refractivity contribution in [3.05, 3.63) is 36.0 Å². The Labute approximate surface area is 151 Å². The molecule has 25 heavy (non-hydrogen) atoms. The second-order valence-electron chi connectivity index (χ2n) is 7.64. The van der Waals surface area contributed by atoms with Crippen LogP contribution in [0.15, 0.2) is 36.0 Å². The maximum Gasteiger partial charge on any atom is 0.338 e. The lowest BCUT2D eigenvalue weighted by Gasteiger charge is -2.36. The number of carboxylic acids is 1. The molecule has 4 heteroatoms. The van der Waals surface area contributed by atoms with Crippen LogP contribution < -0.4 is 0 Å². The van der Waals surface area contributed by atoms with Crippen LogP contribution >= 0.6 is 0 Å². The van der Waals surface area contributed by atoms with Gasteiger partial charge in [-0.25, -0.2) is 4.79 Å². The van der Waals surface area contributed by atoms with Gasteiger partial charge < -0.3 is 9.84 Å². The van der Waals surface area contributed by atoms with Crippen LogP contribution in [-0.4, -0.2) is 24.2 Å². The van der Waals surface area contributed by atoms with Gasteiger partial charge in [-0.2, -0.15) is 0 Å². The molecule has 0 saturated heterocycles. The van der Waals surface area contributed by atoms with Gasteiger partial charge in [0.05, 0.1) is 12.7 Å². The van der Waals surface area contributed by atoms with Crippen molar-refractivity contribution in [1.29, 1.82) is 0 Å². The summed E-state index contributed by atoms with van der Waals surface area (Å²) in [5.41, 5.74) is 1.47. The molecule has 0 aromatic heterocycles. The summed E-state index contributed by atoms with van der Waals surface area (Å²) >= 11 is 0. The minimum absolute atomic E-state index is 0.111. The van der Waals surface area contributed by atoms with Crippen LogP contribution in [0.4, 0.5) is 0 Å². The molecule has 0 amide bonds. The average Bonchev–Trinajstić information content (AvgIpc) is 2.55. The standard InChI is InChI=1S/C21H32O4/c1-15(14-19(22)23)11-13-21(4)12-7-6-8-18(20(24)25-5)16(2)9-10-17(21)3/h6-8,15,17H,2,9-14H2,1,3-5H3,(H,22,23). The number of ether oxygens (including phenoxy) is 1. The van der Waals surface area contributed by atoms with Crippen molar-refractivity contribution in [3.8, 4) is 0 Å². The Morgan fingerprint density at radius 3 is 2.76 bits per heavy atom. The molecule has 0 radical (unpaired) electrons. The minimum Gasteiger partial charge on any atom is -0.481 e. The third kappa shape index (κ3) is 6.52. The lowest BCUT2D eigenvalue weighted by Crippen LogP contribution is -2.26. The third-order valence-electron chi connectivity index (χ3n) is 5.57. The number of esters is 1. The van der Waals surface area contributed by atoms with Gasteiger partial charge in [-0.3, -0.25) is 4.79 Å². The smallest absolute Gasteiger partial charge is 0.338 e. The molecule has 0 aromatic carbocycles. The molecule has 140 valence electrons. The first-order chi connectivity index (χ1) is 11.7. The second kappa shape index (κ2) is 9.59. The zero-order valence-electron chi connectivity index (χ0n) is 16.0. The molecule has 1 aliphatic carbocycles. The van der Waals surface area contributed by atoms with Crippen LogP contribution in [-0.2, 0) is 14.3 Å². The van der Waals surface area contributed by atoms with E-state index in [-0.39, 0.29) is 23.7 Å². The van der Waals surface area contributed by atoms with Gasteiger partial charge in [0, 0.05) is 6.42 Å². The first-order valence-electron chi connectivity index (χ1n) is 9.04. The van der Waals surface area contributed by atoms with Gasteiger partial charge in [0.15, 0.2) is 0 Å². The van der Waals surface area contributed by atoms with Crippen LogP contribution in [0.1, 0.15) is 59.3 Å². The van der Waals surface area contributed by atoms with Crippen molar-refractivity contribution in [2.24, 2.45) is 17.3 Å². The largest absolute Gasteiger partial charge is 0.481 e. The zero-order chi connectivity index (χ0) is 19.0. The fourth-order valence-electron chi connectivity index (χ4n) is 3.34. The second-order valence-corrected chi connectivity index (χ2v) is 7.64. The van der Waals surface area contributed by atoms with E-state index in [1.807, 2.05) is 13.0 Å². The SMILES string of the molecule is C=C1CCC(C)C(C)(CCC(C)CC(=O)O)CC=CC=C1C(=O)OC. The Balaban J connectivity index is 2.88. The van der Waals surface area contributed by atoms with Gasteiger partial charge in [-0.05, 0) is 61.0 Å². The van der Waals surface area contributed by atoms with Gasteiger partial charge in [-0.15, -0.1) is 0 Å². The summed E-state index contributed by atoms with van der Waals surface area (Å²) < 4.78 is 4.84. The number of carbonyl (C=O) groups is 2. The van der Waals surface area contributed by atoms with Crippen molar-refractivity contribution in [3.63, 3.8) is 0 Å². The molecule has 0 spiro atoms. The molecule has 1 rings (SSSR count). The van der Waals surface area contributed by atoms with Gasteiger partial charge in [-0.1, -0.05) is 39.5 Å². The number of hydrogen-bond acceptors (Lipinski definition) is 3. The highest BCUT2D eigenvalue weighted by atomic mass is 16.5. The van der Waals surface area contributed by atoms with Crippen LogP contribution in [0, 0.1) is 17.3 Å². The molecule has 0 aliphatic heterocycles. The van der Waals surface area contributed by atoms with E-state index in [2.05, 4.69) is 26.5 Å². The number of methoxy groups -OCH3 is 1. The van der Waals surface area contributed by atoms with Crippen molar-refractivity contribution in [1.82, 2.24) is 0 Å². The molecule has 3 unspecified atom stereocenters. The van der Waals surface area contributed by atoms with Crippen LogP contribution in [0.25, 0.3) is 0 Å². The van der Waals surface area contributed by atoms with E-state index in [1.54, 1.807) is 6.08 Å². The van der Waals surface area contributed by atoms with Crippen molar-refractivity contribution < 1.29 is 19.4 Å². The Kier molecular flexibility index (Phi) is 8.14. The fourth-order valence-corrected chi connectivity index (χ4v) is 3.34. The van der Waals surface area contributed by atoms with E-state index in [4.69, 9.17) is 9.84 Å². The van der Waals surface area contributed by atoms with Crippen molar-refractivity contribution in [2.75, 3.05) is 7.11 Å². The Hall–Kier alpha value is -1.84. The number of carbonyl (C=O) groups excluding carboxylic acids is 1. The summed E-state index contributed by atoms with van der Waals surface area (Å²) in [7, 11) is 1.39. The molecule has 0 heterocycles. The number of rotatable bonds is 6.